The van der Waals surface area contributed by atoms with Crippen molar-refractivity contribution in [2.75, 3.05) is 18.2 Å². The number of amides is 1. The first-order valence-electron chi connectivity index (χ1n) is 8.77. The molecule has 6 nitrogen and oxygen atoms in total. The van der Waals surface area contributed by atoms with Gasteiger partial charge in [-0.1, -0.05) is 43.3 Å². The summed E-state index contributed by atoms with van der Waals surface area (Å²) in [6.45, 7) is 1.54. The van der Waals surface area contributed by atoms with E-state index in [0.29, 0.717) is 5.69 Å². The van der Waals surface area contributed by atoms with Crippen LogP contribution in [0.4, 0.5) is 5.69 Å². The molecule has 29 heavy (non-hydrogen) atoms. The van der Waals surface area contributed by atoms with Gasteiger partial charge >= 0.3 is 5.97 Å². The van der Waals surface area contributed by atoms with E-state index in [9.17, 15) is 18.0 Å². The molecule has 0 atom stereocenters. The lowest BCUT2D eigenvalue weighted by molar-refractivity contribution is 0.0607. The zero-order valence-corrected chi connectivity index (χ0v) is 17.5. The highest BCUT2D eigenvalue weighted by atomic mass is 32.2. The van der Waals surface area contributed by atoms with Gasteiger partial charge in [0.25, 0.3) is 5.91 Å². The van der Waals surface area contributed by atoms with Crippen LogP contribution in [0.5, 0.6) is 0 Å². The number of anilines is 1. The van der Waals surface area contributed by atoms with E-state index in [0.717, 1.165) is 10.4 Å². The highest BCUT2D eigenvalue weighted by Crippen LogP contribution is 2.35. The van der Waals surface area contributed by atoms with Crippen LogP contribution < -0.4 is 5.32 Å². The molecule has 0 aliphatic carbocycles. The third-order valence-corrected chi connectivity index (χ3v) is 7.14. The van der Waals surface area contributed by atoms with Crippen LogP contribution in [-0.4, -0.2) is 33.2 Å². The van der Waals surface area contributed by atoms with E-state index in [2.05, 4.69) is 5.32 Å². The smallest absolute Gasteiger partial charge is 0.350 e. The summed E-state index contributed by atoms with van der Waals surface area (Å²) in [4.78, 5) is 26.1. The molecule has 0 aliphatic heterocycles. The Morgan fingerprint density at radius 2 is 1.76 bits per heavy atom. The van der Waals surface area contributed by atoms with Crippen LogP contribution in [-0.2, 0) is 14.6 Å². The Hall–Kier alpha value is -2.97. The van der Waals surface area contributed by atoms with Crippen molar-refractivity contribution in [3.05, 3.63) is 71.1 Å². The average molecular weight is 430 g/mol. The summed E-state index contributed by atoms with van der Waals surface area (Å²) in [5.41, 5.74) is 1.40. The maximum Gasteiger partial charge on any atom is 0.350 e. The van der Waals surface area contributed by atoms with Gasteiger partial charge in [0.05, 0.1) is 23.4 Å². The monoisotopic (exact) mass is 429 g/mol. The minimum atomic E-state index is -3.44. The topological polar surface area (TPSA) is 89.5 Å². The fourth-order valence-corrected chi connectivity index (χ4v) is 4.63. The van der Waals surface area contributed by atoms with Crippen molar-refractivity contribution in [2.24, 2.45) is 0 Å². The Morgan fingerprint density at radius 1 is 1.03 bits per heavy atom. The summed E-state index contributed by atoms with van der Waals surface area (Å²) in [5, 5.41) is 2.70. The van der Waals surface area contributed by atoms with Gasteiger partial charge in [0, 0.05) is 10.4 Å². The molecular formula is C21H19NO5S2. The predicted molar refractivity (Wildman–Crippen MR) is 113 cm³/mol. The molecular weight excluding hydrogens is 410 g/mol. The number of carbonyl (C=O) groups excluding carboxylic acids is 2. The first-order chi connectivity index (χ1) is 13.9. The van der Waals surface area contributed by atoms with Crippen LogP contribution in [0, 0.1) is 0 Å². The normalized spacial score (nSPS) is 11.1. The minimum absolute atomic E-state index is 0.0600. The first kappa shape index (κ1) is 20.8. The van der Waals surface area contributed by atoms with Crippen LogP contribution in [0.25, 0.3) is 10.4 Å². The molecule has 0 bridgehead atoms. The van der Waals surface area contributed by atoms with Crippen molar-refractivity contribution in [1.29, 1.82) is 0 Å². The Morgan fingerprint density at radius 3 is 2.41 bits per heavy atom. The molecule has 1 amide bonds. The number of benzene rings is 2. The summed E-state index contributed by atoms with van der Waals surface area (Å²) in [5.74, 6) is -1.13. The zero-order valence-electron chi connectivity index (χ0n) is 15.8. The van der Waals surface area contributed by atoms with Crippen LogP contribution in [0.2, 0.25) is 0 Å². The summed E-state index contributed by atoms with van der Waals surface area (Å²) in [7, 11) is -2.16. The molecule has 1 aromatic heterocycles. The van der Waals surface area contributed by atoms with E-state index >= 15 is 0 Å². The predicted octanol–water partition coefficient (Wildman–Crippen LogP) is 4.25. The largest absolute Gasteiger partial charge is 0.465 e. The second-order valence-corrected chi connectivity index (χ2v) is 9.43. The SMILES string of the molecule is CCS(=O)(=O)c1cccc(C(=O)Nc2cc(-c3ccccc3)sc2C(=O)OC)c1. The molecule has 0 unspecified atom stereocenters. The molecule has 0 spiro atoms. The van der Waals surface area contributed by atoms with Crippen molar-refractivity contribution in [2.45, 2.75) is 11.8 Å². The van der Waals surface area contributed by atoms with Gasteiger partial charge in [-0.3, -0.25) is 4.79 Å². The number of methoxy groups -OCH3 is 1. The summed E-state index contributed by atoms with van der Waals surface area (Å²) in [6.07, 6.45) is 0. The van der Waals surface area contributed by atoms with E-state index < -0.39 is 21.7 Å². The van der Waals surface area contributed by atoms with Crippen LogP contribution in [0.3, 0.4) is 0 Å². The molecule has 0 saturated carbocycles. The second kappa shape index (κ2) is 8.59. The van der Waals surface area contributed by atoms with Crippen LogP contribution in [0.15, 0.2) is 65.6 Å². The van der Waals surface area contributed by atoms with Gasteiger partial charge in [-0.15, -0.1) is 11.3 Å². The third-order valence-electron chi connectivity index (χ3n) is 4.24. The van der Waals surface area contributed by atoms with E-state index in [1.165, 1.54) is 42.7 Å². The van der Waals surface area contributed by atoms with Gasteiger partial charge in [-0.2, -0.15) is 0 Å². The highest BCUT2D eigenvalue weighted by Gasteiger charge is 2.21. The van der Waals surface area contributed by atoms with E-state index in [1.807, 2.05) is 30.3 Å². The average Bonchev–Trinajstić information content (AvgIpc) is 3.17. The lowest BCUT2D eigenvalue weighted by Crippen LogP contribution is -2.15. The van der Waals surface area contributed by atoms with Gasteiger partial charge in [-0.05, 0) is 29.8 Å². The Bertz CT molecular complexity index is 1150. The molecule has 150 valence electrons. The number of hydrogen-bond acceptors (Lipinski definition) is 6. The Labute approximate surface area is 173 Å². The van der Waals surface area contributed by atoms with Gasteiger partial charge in [-0.25, -0.2) is 13.2 Å². The van der Waals surface area contributed by atoms with Gasteiger partial charge in [0.2, 0.25) is 0 Å². The zero-order chi connectivity index (χ0) is 21.0. The van der Waals surface area contributed by atoms with Crippen LogP contribution >= 0.6 is 11.3 Å². The number of sulfone groups is 1. The number of thiophene rings is 1. The minimum Gasteiger partial charge on any atom is -0.465 e. The summed E-state index contributed by atoms with van der Waals surface area (Å²) in [6, 6.07) is 17.0. The Balaban J connectivity index is 1.95. The van der Waals surface area contributed by atoms with Crippen molar-refractivity contribution in [1.82, 2.24) is 0 Å². The number of ether oxygens (including phenoxy) is 1. The number of hydrogen-bond donors (Lipinski definition) is 1. The molecule has 1 N–H and O–H groups in total. The van der Waals surface area contributed by atoms with Crippen molar-refractivity contribution in [3.8, 4) is 10.4 Å². The summed E-state index contributed by atoms with van der Waals surface area (Å²) < 4.78 is 29.0. The van der Waals surface area contributed by atoms with Crippen LogP contribution in [0.1, 0.15) is 27.0 Å². The van der Waals surface area contributed by atoms with Gasteiger partial charge in [0.15, 0.2) is 9.84 Å². The maximum atomic E-state index is 12.7. The molecule has 1 heterocycles. The third kappa shape index (κ3) is 4.55. The molecule has 3 rings (SSSR count). The van der Waals surface area contributed by atoms with Gasteiger partial charge < -0.3 is 10.1 Å². The second-order valence-electron chi connectivity index (χ2n) is 6.10. The van der Waals surface area contributed by atoms with E-state index in [-0.39, 0.29) is 21.1 Å². The molecule has 0 saturated heterocycles. The lowest BCUT2D eigenvalue weighted by atomic mass is 10.2. The van der Waals surface area contributed by atoms with Crippen molar-refractivity contribution >= 4 is 38.7 Å². The molecule has 3 aromatic rings. The number of carbonyl (C=O) groups is 2. The van der Waals surface area contributed by atoms with Crippen molar-refractivity contribution < 1.29 is 22.7 Å². The molecule has 2 aromatic carbocycles. The molecule has 0 fully saturated rings. The lowest BCUT2D eigenvalue weighted by Gasteiger charge is -2.07. The van der Waals surface area contributed by atoms with E-state index in [1.54, 1.807) is 13.0 Å². The standard InChI is InChI=1S/C21H19NO5S2/c1-3-29(25,26)16-11-7-10-15(12-16)20(23)22-17-13-18(14-8-5-4-6-9-14)28-19(17)21(24)27-2/h4-13H,3H2,1-2H3,(H,22,23). The first-order valence-corrected chi connectivity index (χ1v) is 11.2. The number of nitrogens with one attached hydrogen (secondary N) is 1. The van der Waals surface area contributed by atoms with E-state index in [4.69, 9.17) is 4.74 Å². The highest BCUT2D eigenvalue weighted by molar-refractivity contribution is 7.91. The fourth-order valence-electron chi connectivity index (χ4n) is 2.66. The molecule has 8 heteroatoms. The van der Waals surface area contributed by atoms with Gasteiger partial charge in [0.1, 0.15) is 4.88 Å². The number of esters is 1. The maximum absolute atomic E-state index is 12.7. The molecule has 0 radical (unpaired) electrons. The van der Waals surface area contributed by atoms with Crippen molar-refractivity contribution in [3.63, 3.8) is 0 Å². The Kier molecular flexibility index (Phi) is 6.14. The quantitative estimate of drug-likeness (QED) is 0.592. The summed E-state index contributed by atoms with van der Waals surface area (Å²) >= 11 is 1.21. The molecule has 0 aliphatic rings. The number of rotatable bonds is 6. The fraction of sp³-hybridized carbons (Fsp3) is 0.143.